The highest BCUT2D eigenvalue weighted by Crippen LogP contribution is 2.42. The first-order valence-corrected chi connectivity index (χ1v) is 6.09. The minimum Gasteiger partial charge on any atom is -0.478 e. The first-order chi connectivity index (χ1) is 8.55. The van der Waals surface area contributed by atoms with Crippen molar-refractivity contribution in [1.82, 2.24) is 0 Å². The molecule has 1 aromatic carbocycles. The number of hydrogen-bond donors (Lipinski definition) is 1. The van der Waals surface area contributed by atoms with E-state index in [1.165, 1.54) is 5.56 Å². The SMILES string of the molecule is C=C(C(=O)O)C(C)C1(Cc2ccccc2)COC1. The molecule has 1 fully saturated rings. The van der Waals surface area contributed by atoms with Crippen LogP contribution in [0.4, 0.5) is 0 Å². The highest BCUT2D eigenvalue weighted by molar-refractivity contribution is 5.86. The Hall–Kier alpha value is -1.61. The van der Waals surface area contributed by atoms with Crippen molar-refractivity contribution in [3.8, 4) is 0 Å². The van der Waals surface area contributed by atoms with Crippen molar-refractivity contribution in [3.63, 3.8) is 0 Å². The molecule has 3 nitrogen and oxygen atoms in total. The standard InChI is InChI=1S/C15H18O3/c1-11(14(16)17)12(2)15(9-18-10-15)8-13-6-4-3-5-7-13/h3-7,12H,1,8-10H2,2H3,(H,16,17). The predicted molar refractivity (Wildman–Crippen MR) is 69.3 cm³/mol. The van der Waals surface area contributed by atoms with Crippen molar-refractivity contribution in [2.75, 3.05) is 13.2 Å². The average Bonchev–Trinajstić information content (AvgIpc) is 2.33. The Morgan fingerprint density at radius 3 is 2.50 bits per heavy atom. The van der Waals surface area contributed by atoms with Gasteiger partial charge in [-0.15, -0.1) is 0 Å². The molecular formula is C15H18O3. The van der Waals surface area contributed by atoms with E-state index in [1.807, 2.05) is 25.1 Å². The van der Waals surface area contributed by atoms with E-state index in [4.69, 9.17) is 9.84 Å². The van der Waals surface area contributed by atoms with Gasteiger partial charge in [-0.3, -0.25) is 0 Å². The lowest BCUT2D eigenvalue weighted by atomic mass is 9.68. The van der Waals surface area contributed by atoms with Crippen LogP contribution >= 0.6 is 0 Å². The summed E-state index contributed by atoms with van der Waals surface area (Å²) in [4.78, 5) is 11.0. The van der Waals surface area contributed by atoms with E-state index in [1.54, 1.807) is 0 Å². The molecule has 96 valence electrons. The number of ether oxygens (including phenoxy) is 1. The lowest BCUT2D eigenvalue weighted by Crippen LogP contribution is -2.50. The number of carboxylic acid groups (broad SMARTS) is 1. The molecule has 1 saturated heterocycles. The van der Waals surface area contributed by atoms with Crippen LogP contribution in [0.3, 0.4) is 0 Å². The molecule has 0 aliphatic carbocycles. The van der Waals surface area contributed by atoms with Gasteiger partial charge in [-0.2, -0.15) is 0 Å². The van der Waals surface area contributed by atoms with Gasteiger partial charge < -0.3 is 9.84 Å². The monoisotopic (exact) mass is 246 g/mol. The van der Waals surface area contributed by atoms with Gasteiger partial charge in [-0.1, -0.05) is 43.8 Å². The van der Waals surface area contributed by atoms with Crippen LogP contribution < -0.4 is 0 Å². The third-order valence-electron chi connectivity index (χ3n) is 3.89. The van der Waals surface area contributed by atoms with Crippen LogP contribution in [0.1, 0.15) is 12.5 Å². The highest BCUT2D eigenvalue weighted by Gasteiger charge is 2.45. The summed E-state index contributed by atoms with van der Waals surface area (Å²) in [7, 11) is 0. The molecule has 0 aromatic heterocycles. The lowest BCUT2D eigenvalue weighted by Gasteiger charge is -2.46. The lowest BCUT2D eigenvalue weighted by molar-refractivity contribution is -0.145. The number of hydrogen-bond acceptors (Lipinski definition) is 2. The van der Waals surface area contributed by atoms with Gasteiger partial charge in [0.15, 0.2) is 0 Å². The van der Waals surface area contributed by atoms with E-state index in [9.17, 15) is 4.79 Å². The molecule has 1 atom stereocenters. The van der Waals surface area contributed by atoms with Crippen LogP contribution in [0.2, 0.25) is 0 Å². The Morgan fingerprint density at radius 1 is 1.44 bits per heavy atom. The van der Waals surface area contributed by atoms with Crippen LogP contribution in [0, 0.1) is 11.3 Å². The Kier molecular flexibility index (Phi) is 3.53. The van der Waals surface area contributed by atoms with Gasteiger partial charge >= 0.3 is 5.97 Å². The van der Waals surface area contributed by atoms with E-state index < -0.39 is 5.97 Å². The fourth-order valence-electron chi connectivity index (χ4n) is 2.43. The van der Waals surface area contributed by atoms with E-state index in [2.05, 4.69) is 18.7 Å². The van der Waals surface area contributed by atoms with Gasteiger partial charge in [0.1, 0.15) is 0 Å². The summed E-state index contributed by atoms with van der Waals surface area (Å²) in [6.07, 6.45) is 0.835. The number of carbonyl (C=O) groups is 1. The van der Waals surface area contributed by atoms with Crippen molar-refractivity contribution >= 4 is 5.97 Å². The molecule has 1 heterocycles. The molecule has 0 saturated carbocycles. The van der Waals surface area contributed by atoms with Crippen LogP contribution in [0.5, 0.6) is 0 Å². The molecule has 0 bridgehead atoms. The molecular weight excluding hydrogens is 228 g/mol. The third kappa shape index (κ3) is 2.31. The molecule has 1 aliphatic heterocycles. The van der Waals surface area contributed by atoms with Gasteiger partial charge in [0.25, 0.3) is 0 Å². The smallest absolute Gasteiger partial charge is 0.331 e. The zero-order valence-corrected chi connectivity index (χ0v) is 10.6. The second-order valence-corrected chi connectivity index (χ2v) is 5.07. The molecule has 2 rings (SSSR count). The molecule has 18 heavy (non-hydrogen) atoms. The molecule has 1 aliphatic rings. The van der Waals surface area contributed by atoms with Crippen molar-refractivity contribution in [1.29, 1.82) is 0 Å². The van der Waals surface area contributed by atoms with Gasteiger partial charge in [0, 0.05) is 11.0 Å². The molecule has 1 N–H and O–H groups in total. The van der Waals surface area contributed by atoms with Crippen molar-refractivity contribution in [2.45, 2.75) is 13.3 Å². The average molecular weight is 246 g/mol. The van der Waals surface area contributed by atoms with E-state index >= 15 is 0 Å². The molecule has 3 heteroatoms. The van der Waals surface area contributed by atoms with E-state index in [0.29, 0.717) is 13.2 Å². The summed E-state index contributed by atoms with van der Waals surface area (Å²) in [5.41, 5.74) is 1.37. The number of carboxylic acids is 1. The fraction of sp³-hybridized carbons (Fsp3) is 0.400. The zero-order chi connectivity index (χ0) is 13.2. The predicted octanol–water partition coefficient (Wildman–Crippen LogP) is 2.52. The second kappa shape index (κ2) is 4.94. The summed E-state index contributed by atoms with van der Waals surface area (Å²) in [5.74, 6) is -0.995. The number of aliphatic carboxylic acids is 1. The Labute approximate surface area is 107 Å². The maximum atomic E-state index is 11.0. The summed E-state index contributed by atoms with van der Waals surface area (Å²) < 4.78 is 5.33. The molecule has 0 radical (unpaired) electrons. The summed E-state index contributed by atoms with van der Waals surface area (Å²) in [6.45, 7) is 6.83. The Morgan fingerprint density at radius 2 is 2.06 bits per heavy atom. The van der Waals surface area contributed by atoms with Crippen LogP contribution in [-0.4, -0.2) is 24.3 Å². The first kappa shape index (κ1) is 12.8. The van der Waals surface area contributed by atoms with Crippen molar-refractivity contribution < 1.29 is 14.6 Å². The first-order valence-electron chi connectivity index (χ1n) is 6.09. The normalized spacial score (nSPS) is 18.7. The molecule has 1 aromatic rings. The quantitative estimate of drug-likeness (QED) is 0.812. The van der Waals surface area contributed by atoms with Gasteiger partial charge in [0.2, 0.25) is 0 Å². The Balaban J connectivity index is 2.16. The molecule has 0 spiro atoms. The van der Waals surface area contributed by atoms with Crippen LogP contribution in [-0.2, 0) is 16.0 Å². The van der Waals surface area contributed by atoms with Crippen molar-refractivity contribution in [2.24, 2.45) is 11.3 Å². The summed E-state index contributed by atoms with van der Waals surface area (Å²) in [6, 6.07) is 10.1. The van der Waals surface area contributed by atoms with Crippen LogP contribution in [0.15, 0.2) is 42.5 Å². The maximum Gasteiger partial charge on any atom is 0.331 e. The fourth-order valence-corrected chi connectivity index (χ4v) is 2.43. The minimum absolute atomic E-state index is 0.0797. The number of rotatable bonds is 5. The number of benzene rings is 1. The Bertz CT molecular complexity index is 446. The minimum atomic E-state index is -0.915. The van der Waals surface area contributed by atoms with Crippen LogP contribution in [0.25, 0.3) is 0 Å². The second-order valence-electron chi connectivity index (χ2n) is 5.07. The molecule has 1 unspecified atom stereocenters. The topological polar surface area (TPSA) is 46.5 Å². The van der Waals surface area contributed by atoms with Gasteiger partial charge in [-0.25, -0.2) is 4.79 Å². The zero-order valence-electron chi connectivity index (χ0n) is 10.6. The van der Waals surface area contributed by atoms with Gasteiger partial charge in [-0.05, 0) is 17.9 Å². The molecule has 0 amide bonds. The summed E-state index contributed by atoms with van der Waals surface area (Å²) >= 11 is 0. The highest BCUT2D eigenvalue weighted by atomic mass is 16.5. The van der Waals surface area contributed by atoms with Gasteiger partial charge in [0.05, 0.1) is 13.2 Å². The van der Waals surface area contributed by atoms with E-state index in [-0.39, 0.29) is 16.9 Å². The van der Waals surface area contributed by atoms with E-state index in [0.717, 1.165) is 6.42 Å². The third-order valence-corrected chi connectivity index (χ3v) is 3.89. The largest absolute Gasteiger partial charge is 0.478 e. The maximum absolute atomic E-state index is 11.0. The van der Waals surface area contributed by atoms with Crippen molar-refractivity contribution in [3.05, 3.63) is 48.0 Å². The summed E-state index contributed by atoms with van der Waals surface area (Å²) in [5, 5.41) is 9.06.